The Morgan fingerprint density at radius 1 is 0.857 bits per heavy atom. The topological polar surface area (TPSA) is 42.0 Å². The molecule has 0 aliphatic rings. The first-order valence-corrected chi connectivity index (χ1v) is 8.09. The highest BCUT2D eigenvalue weighted by Crippen LogP contribution is 2.36. The fourth-order valence-corrected chi connectivity index (χ4v) is 4.48. The van der Waals surface area contributed by atoms with Crippen LogP contribution in [0.15, 0.2) is 59.4 Å². The molecule has 0 aliphatic heterocycles. The van der Waals surface area contributed by atoms with E-state index in [1.807, 2.05) is 48.5 Å². The molecular formula is C16H10N2OS2. The third-order valence-corrected chi connectivity index (χ3v) is 5.47. The van der Waals surface area contributed by atoms with Crippen LogP contribution in [0.2, 0.25) is 0 Å². The molecule has 3 nitrogen and oxygen atoms in total. The first-order chi connectivity index (χ1) is 10.3. The molecular weight excluding hydrogens is 300 g/mol. The van der Waals surface area contributed by atoms with E-state index >= 15 is 0 Å². The molecule has 1 N–H and O–H groups in total. The third kappa shape index (κ3) is 2.20. The van der Waals surface area contributed by atoms with Crippen molar-refractivity contribution < 1.29 is 0 Å². The first kappa shape index (κ1) is 12.5. The lowest BCUT2D eigenvalue weighted by atomic mass is 10.2. The molecule has 0 saturated carbocycles. The molecule has 4 rings (SSSR count). The molecule has 0 fully saturated rings. The number of aromatic nitrogens is 1. The summed E-state index contributed by atoms with van der Waals surface area (Å²) in [5.74, 6) is 0. The normalized spacial score (nSPS) is 11.0. The van der Waals surface area contributed by atoms with Crippen LogP contribution in [0.5, 0.6) is 0 Å². The van der Waals surface area contributed by atoms with E-state index in [0.29, 0.717) is 5.13 Å². The number of hydrogen-bond donors (Lipinski definition) is 1. The molecule has 0 unspecified atom stereocenters. The molecule has 2 aromatic carbocycles. The maximum absolute atomic E-state index is 12.2. The summed E-state index contributed by atoms with van der Waals surface area (Å²) in [4.78, 5) is 16.4. The lowest BCUT2D eigenvalue weighted by molar-refractivity contribution is 1.31. The molecule has 0 bridgehead atoms. The van der Waals surface area contributed by atoms with Crippen LogP contribution >= 0.6 is 22.7 Å². The van der Waals surface area contributed by atoms with Crippen molar-refractivity contribution in [3.63, 3.8) is 0 Å². The molecule has 0 aliphatic carbocycles. The number of rotatable bonds is 2. The van der Waals surface area contributed by atoms with Crippen LogP contribution in [0.4, 0.5) is 10.8 Å². The first-order valence-electron chi connectivity index (χ1n) is 6.46. The van der Waals surface area contributed by atoms with Gasteiger partial charge in [0.1, 0.15) is 4.70 Å². The van der Waals surface area contributed by atoms with Gasteiger partial charge in [-0.25, -0.2) is 0 Å². The van der Waals surface area contributed by atoms with Crippen molar-refractivity contribution in [3.05, 3.63) is 65.0 Å². The molecule has 0 saturated heterocycles. The summed E-state index contributed by atoms with van der Waals surface area (Å²) < 4.78 is 2.87. The second kappa shape index (κ2) is 4.95. The van der Waals surface area contributed by atoms with E-state index in [2.05, 4.69) is 16.4 Å². The lowest BCUT2D eigenvalue weighted by Crippen LogP contribution is -2.05. The molecule has 4 aromatic rings. The Balaban J connectivity index is 1.91. The Hall–Kier alpha value is -2.24. The second-order valence-electron chi connectivity index (χ2n) is 4.57. The van der Waals surface area contributed by atoms with Gasteiger partial charge in [-0.1, -0.05) is 47.7 Å². The van der Waals surface area contributed by atoms with Crippen molar-refractivity contribution in [2.75, 3.05) is 5.32 Å². The monoisotopic (exact) mass is 310 g/mol. The number of benzene rings is 2. The van der Waals surface area contributed by atoms with Crippen LogP contribution in [0.3, 0.4) is 0 Å². The van der Waals surface area contributed by atoms with Crippen LogP contribution < -0.4 is 10.9 Å². The van der Waals surface area contributed by atoms with Crippen LogP contribution in [0.1, 0.15) is 0 Å². The average molecular weight is 310 g/mol. The Kier molecular flexibility index (Phi) is 2.94. The van der Waals surface area contributed by atoms with Crippen molar-refractivity contribution in [2.24, 2.45) is 0 Å². The standard InChI is InChI=1S/C16H10N2OS2/c19-15-14-13(11-8-4-5-9-12(11)20-14)21-16(18-15)17-10-6-2-1-3-7-10/h1-9H,(H,17,18,19). The summed E-state index contributed by atoms with van der Waals surface area (Å²) >= 11 is 3.03. The number of thiophene rings is 1. The summed E-state index contributed by atoms with van der Waals surface area (Å²) in [7, 11) is 0. The SMILES string of the molecule is O=c1nc(Nc2ccccc2)sc2c1sc1ccccc12. The fraction of sp³-hybridized carbons (Fsp3) is 0. The van der Waals surface area contributed by atoms with Crippen LogP contribution in [0, 0.1) is 0 Å². The molecule has 102 valence electrons. The quantitative estimate of drug-likeness (QED) is 0.587. The number of hydrogen-bond acceptors (Lipinski definition) is 5. The van der Waals surface area contributed by atoms with Gasteiger partial charge >= 0.3 is 0 Å². The highest BCUT2D eigenvalue weighted by molar-refractivity contribution is 7.32. The van der Waals surface area contributed by atoms with Crippen molar-refractivity contribution >= 4 is 53.0 Å². The summed E-state index contributed by atoms with van der Waals surface area (Å²) in [5, 5.41) is 4.95. The van der Waals surface area contributed by atoms with Crippen LogP contribution in [-0.4, -0.2) is 4.98 Å². The highest BCUT2D eigenvalue weighted by atomic mass is 32.1. The molecule has 0 amide bonds. The minimum atomic E-state index is -0.164. The van der Waals surface area contributed by atoms with E-state index < -0.39 is 0 Å². The van der Waals surface area contributed by atoms with Crippen LogP contribution in [0.25, 0.3) is 19.5 Å². The van der Waals surface area contributed by atoms with Gasteiger partial charge in [0, 0.05) is 15.8 Å². The minimum absolute atomic E-state index is 0.164. The van der Waals surface area contributed by atoms with Gasteiger partial charge in [0.25, 0.3) is 5.56 Å². The molecule has 2 heterocycles. The Bertz CT molecular complexity index is 989. The van der Waals surface area contributed by atoms with Crippen molar-refractivity contribution in [1.82, 2.24) is 4.98 Å². The van der Waals surface area contributed by atoms with Crippen molar-refractivity contribution in [3.8, 4) is 0 Å². The maximum Gasteiger partial charge on any atom is 0.291 e. The lowest BCUT2D eigenvalue weighted by Gasteiger charge is -2.03. The summed E-state index contributed by atoms with van der Waals surface area (Å²) in [6.07, 6.45) is 0. The van der Waals surface area contributed by atoms with Gasteiger partial charge in [0.2, 0.25) is 0 Å². The fourth-order valence-electron chi connectivity index (χ4n) is 2.22. The molecule has 0 spiro atoms. The predicted octanol–water partition coefficient (Wildman–Crippen LogP) is 4.61. The zero-order valence-corrected chi connectivity index (χ0v) is 12.5. The third-order valence-electron chi connectivity index (χ3n) is 3.17. The van der Waals surface area contributed by atoms with Gasteiger partial charge in [0.05, 0.1) is 4.70 Å². The summed E-state index contributed by atoms with van der Waals surface area (Å²) in [5.41, 5.74) is 0.767. The number of para-hydroxylation sites is 1. The molecule has 0 atom stereocenters. The molecule has 5 heteroatoms. The van der Waals surface area contributed by atoms with Gasteiger partial charge in [-0.3, -0.25) is 4.79 Å². The Morgan fingerprint density at radius 3 is 2.48 bits per heavy atom. The number of nitrogens with one attached hydrogen (secondary N) is 1. The second-order valence-corrected chi connectivity index (χ2v) is 6.62. The Morgan fingerprint density at radius 2 is 1.62 bits per heavy atom. The van der Waals surface area contributed by atoms with Gasteiger partial charge in [-0.05, 0) is 18.2 Å². The predicted molar refractivity (Wildman–Crippen MR) is 91.0 cm³/mol. The maximum atomic E-state index is 12.2. The molecule has 21 heavy (non-hydrogen) atoms. The highest BCUT2D eigenvalue weighted by Gasteiger charge is 2.11. The van der Waals surface area contributed by atoms with Crippen molar-refractivity contribution in [2.45, 2.75) is 0 Å². The number of nitrogens with zero attached hydrogens (tertiary/aromatic N) is 1. The average Bonchev–Trinajstić information content (AvgIpc) is 2.88. The van der Waals surface area contributed by atoms with Gasteiger partial charge in [0.15, 0.2) is 5.13 Å². The van der Waals surface area contributed by atoms with E-state index in [9.17, 15) is 4.79 Å². The number of fused-ring (bicyclic) bond motifs is 3. The minimum Gasteiger partial charge on any atom is -0.331 e. The zero-order chi connectivity index (χ0) is 14.2. The van der Waals surface area contributed by atoms with Gasteiger partial charge in [-0.2, -0.15) is 4.98 Å². The molecule has 2 aromatic heterocycles. The smallest absolute Gasteiger partial charge is 0.291 e. The van der Waals surface area contributed by atoms with Crippen LogP contribution in [-0.2, 0) is 0 Å². The van der Waals surface area contributed by atoms with Gasteiger partial charge < -0.3 is 5.32 Å². The van der Waals surface area contributed by atoms with E-state index in [-0.39, 0.29) is 5.56 Å². The Labute approximate surface area is 128 Å². The van der Waals surface area contributed by atoms with E-state index in [1.54, 1.807) is 0 Å². The van der Waals surface area contributed by atoms with E-state index in [4.69, 9.17) is 0 Å². The summed E-state index contributed by atoms with van der Waals surface area (Å²) in [6, 6.07) is 17.8. The van der Waals surface area contributed by atoms with E-state index in [0.717, 1.165) is 25.2 Å². The summed E-state index contributed by atoms with van der Waals surface area (Å²) in [6.45, 7) is 0. The molecule has 0 radical (unpaired) electrons. The number of anilines is 2. The van der Waals surface area contributed by atoms with Crippen molar-refractivity contribution in [1.29, 1.82) is 0 Å². The van der Waals surface area contributed by atoms with Gasteiger partial charge in [-0.15, -0.1) is 11.3 Å². The zero-order valence-electron chi connectivity index (χ0n) is 10.9. The largest absolute Gasteiger partial charge is 0.331 e. The van der Waals surface area contributed by atoms with E-state index in [1.165, 1.54) is 22.7 Å².